The van der Waals surface area contributed by atoms with Crippen LogP contribution in [0.2, 0.25) is 0 Å². The lowest BCUT2D eigenvalue weighted by atomic mass is 9.99. The van der Waals surface area contributed by atoms with Crippen LogP contribution in [-0.2, 0) is 11.3 Å². The number of fused-ring (bicyclic) bond motifs is 1. The lowest BCUT2D eigenvalue weighted by Gasteiger charge is -2.24. The molecule has 0 aliphatic carbocycles. The summed E-state index contributed by atoms with van der Waals surface area (Å²) in [6.07, 6.45) is 0. The van der Waals surface area contributed by atoms with E-state index in [0.717, 1.165) is 0 Å². The molecule has 1 aromatic rings. The van der Waals surface area contributed by atoms with Crippen LogP contribution in [-0.4, -0.2) is 20.7 Å². The largest absolute Gasteiger partial charge is 0.378 e. The minimum absolute atomic E-state index is 0.0265. The average Bonchev–Trinajstić information content (AvgIpc) is 2.18. The molecular formula is C11H16N2O. The van der Waals surface area contributed by atoms with Crippen molar-refractivity contribution in [2.24, 2.45) is 5.73 Å². The van der Waals surface area contributed by atoms with Crippen LogP contribution in [0.25, 0.3) is 0 Å². The van der Waals surface area contributed by atoms with Crippen LogP contribution in [0.15, 0.2) is 18.2 Å². The topological polar surface area (TPSA) is 38.5 Å². The summed E-state index contributed by atoms with van der Waals surface area (Å²) >= 11 is 0. The molecule has 1 aliphatic heterocycles. The molecule has 0 saturated heterocycles. The number of rotatable bonds is 1. The van der Waals surface area contributed by atoms with Gasteiger partial charge in [-0.1, -0.05) is 6.07 Å². The number of ether oxygens (including phenoxy) is 1. The monoisotopic (exact) mass is 192 g/mol. The van der Waals surface area contributed by atoms with Crippen LogP contribution in [0.5, 0.6) is 0 Å². The maximum Gasteiger partial charge on any atom is 0.0721 e. The van der Waals surface area contributed by atoms with Crippen molar-refractivity contribution in [1.82, 2.24) is 0 Å². The Labute approximate surface area is 84.5 Å². The van der Waals surface area contributed by atoms with Crippen molar-refractivity contribution in [3.63, 3.8) is 0 Å². The zero-order chi connectivity index (χ0) is 10.1. The predicted octanol–water partition coefficient (Wildman–Crippen LogP) is 1.28. The molecule has 0 unspecified atom stereocenters. The van der Waals surface area contributed by atoms with E-state index in [2.05, 4.69) is 23.1 Å². The van der Waals surface area contributed by atoms with E-state index in [1.54, 1.807) is 0 Å². The van der Waals surface area contributed by atoms with Gasteiger partial charge in [0.05, 0.1) is 19.3 Å². The van der Waals surface area contributed by atoms with Crippen molar-refractivity contribution < 1.29 is 4.74 Å². The Bertz CT molecular complexity index is 336. The van der Waals surface area contributed by atoms with E-state index in [1.165, 1.54) is 16.8 Å². The molecule has 76 valence electrons. The molecule has 0 bridgehead atoms. The number of anilines is 1. The van der Waals surface area contributed by atoms with Gasteiger partial charge in [-0.05, 0) is 23.3 Å². The van der Waals surface area contributed by atoms with Crippen LogP contribution in [0.1, 0.15) is 17.2 Å². The van der Waals surface area contributed by atoms with Gasteiger partial charge in [-0.25, -0.2) is 0 Å². The third-order valence-corrected chi connectivity index (χ3v) is 2.60. The average molecular weight is 192 g/mol. The first kappa shape index (κ1) is 9.49. The maximum atomic E-state index is 5.97. The first-order valence-electron chi connectivity index (χ1n) is 4.82. The van der Waals surface area contributed by atoms with Gasteiger partial charge in [-0.3, -0.25) is 0 Å². The van der Waals surface area contributed by atoms with Crippen LogP contribution >= 0.6 is 0 Å². The molecule has 3 heteroatoms. The van der Waals surface area contributed by atoms with E-state index in [4.69, 9.17) is 10.5 Å². The third kappa shape index (κ3) is 1.61. The second-order valence-corrected chi connectivity index (χ2v) is 3.90. The van der Waals surface area contributed by atoms with Crippen LogP contribution in [0, 0.1) is 0 Å². The molecule has 2 rings (SSSR count). The molecule has 2 N–H and O–H groups in total. The summed E-state index contributed by atoms with van der Waals surface area (Å²) in [5.41, 5.74) is 9.61. The highest BCUT2D eigenvalue weighted by molar-refractivity contribution is 5.51. The van der Waals surface area contributed by atoms with Crippen molar-refractivity contribution in [3.05, 3.63) is 29.3 Å². The van der Waals surface area contributed by atoms with Gasteiger partial charge in [0.15, 0.2) is 0 Å². The Morgan fingerprint density at radius 3 is 2.93 bits per heavy atom. The molecule has 1 aliphatic rings. The first-order valence-corrected chi connectivity index (χ1v) is 4.82. The third-order valence-electron chi connectivity index (χ3n) is 2.60. The smallest absolute Gasteiger partial charge is 0.0721 e. The predicted molar refractivity (Wildman–Crippen MR) is 57.4 cm³/mol. The molecule has 14 heavy (non-hydrogen) atoms. The van der Waals surface area contributed by atoms with Gasteiger partial charge in [0.2, 0.25) is 0 Å². The number of benzene rings is 1. The van der Waals surface area contributed by atoms with Crippen LogP contribution < -0.4 is 10.6 Å². The number of hydrogen-bond acceptors (Lipinski definition) is 3. The summed E-state index contributed by atoms with van der Waals surface area (Å²) in [5, 5.41) is 0. The standard InChI is InChI=1S/C11H16N2O/c1-13(2)9-4-3-8-6-14-7-11(12)10(8)5-9/h3-5,11H,6-7,12H2,1-2H3/t11-/m0/s1. The summed E-state index contributed by atoms with van der Waals surface area (Å²) in [5.74, 6) is 0. The van der Waals surface area contributed by atoms with Crippen molar-refractivity contribution in [3.8, 4) is 0 Å². The maximum absolute atomic E-state index is 5.97. The van der Waals surface area contributed by atoms with Gasteiger partial charge < -0.3 is 15.4 Å². The highest BCUT2D eigenvalue weighted by Crippen LogP contribution is 2.26. The lowest BCUT2D eigenvalue weighted by molar-refractivity contribution is 0.0924. The Hall–Kier alpha value is -1.06. The van der Waals surface area contributed by atoms with Crippen molar-refractivity contribution in [2.75, 3.05) is 25.6 Å². The van der Waals surface area contributed by atoms with E-state index in [0.29, 0.717) is 13.2 Å². The zero-order valence-electron chi connectivity index (χ0n) is 8.66. The van der Waals surface area contributed by atoms with Crippen LogP contribution in [0.3, 0.4) is 0 Å². The van der Waals surface area contributed by atoms with Crippen molar-refractivity contribution in [1.29, 1.82) is 0 Å². The molecule has 0 spiro atoms. The van der Waals surface area contributed by atoms with Gasteiger partial charge in [0.25, 0.3) is 0 Å². The van der Waals surface area contributed by atoms with Crippen LogP contribution in [0.4, 0.5) is 5.69 Å². The van der Waals surface area contributed by atoms with Gasteiger partial charge in [0.1, 0.15) is 0 Å². The Kier molecular flexibility index (Phi) is 2.44. The van der Waals surface area contributed by atoms with Gasteiger partial charge in [-0.2, -0.15) is 0 Å². The molecule has 0 radical (unpaired) electrons. The molecule has 1 heterocycles. The fraction of sp³-hybridized carbons (Fsp3) is 0.455. The van der Waals surface area contributed by atoms with Gasteiger partial charge in [0, 0.05) is 19.8 Å². The minimum Gasteiger partial charge on any atom is -0.378 e. The number of hydrogen-bond donors (Lipinski definition) is 1. The summed E-state index contributed by atoms with van der Waals surface area (Å²) in [6.45, 7) is 1.32. The molecular weight excluding hydrogens is 176 g/mol. The van der Waals surface area contributed by atoms with E-state index in [-0.39, 0.29) is 6.04 Å². The second-order valence-electron chi connectivity index (χ2n) is 3.90. The highest BCUT2D eigenvalue weighted by atomic mass is 16.5. The number of nitrogens with zero attached hydrogens (tertiary/aromatic N) is 1. The molecule has 0 fully saturated rings. The molecule has 0 amide bonds. The molecule has 0 saturated carbocycles. The fourth-order valence-corrected chi connectivity index (χ4v) is 1.72. The van der Waals surface area contributed by atoms with Gasteiger partial charge >= 0.3 is 0 Å². The van der Waals surface area contributed by atoms with E-state index in [9.17, 15) is 0 Å². The highest BCUT2D eigenvalue weighted by Gasteiger charge is 2.17. The molecule has 3 nitrogen and oxygen atoms in total. The Morgan fingerprint density at radius 2 is 2.21 bits per heavy atom. The Morgan fingerprint density at radius 1 is 1.43 bits per heavy atom. The molecule has 0 aromatic heterocycles. The number of nitrogens with two attached hydrogens (primary N) is 1. The zero-order valence-corrected chi connectivity index (χ0v) is 8.66. The van der Waals surface area contributed by atoms with Crippen molar-refractivity contribution >= 4 is 5.69 Å². The van der Waals surface area contributed by atoms with E-state index in [1.807, 2.05) is 14.1 Å². The molecule has 1 aromatic carbocycles. The summed E-state index contributed by atoms with van der Waals surface area (Å²) in [4.78, 5) is 2.09. The van der Waals surface area contributed by atoms with E-state index < -0.39 is 0 Å². The quantitative estimate of drug-likeness (QED) is 0.728. The molecule has 1 atom stereocenters. The van der Waals surface area contributed by atoms with Gasteiger partial charge in [-0.15, -0.1) is 0 Å². The Balaban J connectivity index is 2.41. The normalized spacial score (nSPS) is 20.4. The lowest BCUT2D eigenvalue weighted by Crippen LogP contribution is -2.24. The fourth-order valence-electron chi connectivity index (χ4n) is 1.72. The first-order chi connectivity index (χ1) is 6.68. The van der Waals surface area contributed by atoms with Crippen molar-refractivity contribution in [2.45, 2.75) is 12.6 Å². The van der Waals surface area contributed by atoms with E-state index >= 15 is 0 Å². The summed E-state index contributed by atoms with van der Waals surface area (Å²) in [7, 11) is 4.07. The summed E-state index contributed by atoms with van der Waals surface area (Å²) < 4.78 is 5.37. The second kappa shape index (κ2) is 3.59. The summed E-state index contributed by atoms with van der Waals surface area (Å²) in [6, 6.07) is 6.38. The minimum atomic E-state index is 0.0265. The SMILES string of the molecule is CN(C)c1ccc2c(c1)[C@@H](N)COC2.